The molecular weight excluding hydrogens is 305 g/mol. The van der Waals surface area contributed by atoms with Crippen molar-refractivity contribution < 1.29 is 18.0 Å². The molecule has 1 saturated heterocycles. The van der Waals surface area contributed by atoms with E-state index in [1.54, 1.807) is 4.90 Å². The number of piperidine rings is 1. The molecule has 3 nitrogen and oxygen atoms in total. The summed E-state index contributed by atoms with van der Waals surface area (Å²) in [5.41, 5.74) is -0.160. The Labute approximate surface area is 134 Å². The van der Waals surface area contributed by atoms with E-state index >= 15 is 0 Å². The summed E-state index contributed by atoms with van der Waals surface area (Å²) < 4.78 is 41.4. The number of hydrogen-bond acceptors (Lipinski definition) is 2. The van der Waals surface area contributed by atoms with Gasteiger partial charge in [0.2, 0.25) is 5.91 Å². The first-order valence-electron chi connectivity index (χ1n) is 7.91. The van der Waals surface area contributed by atoms with Crippen molar-refractivity contribution in [1.29, 1.82) is 0 Å². The Morgan fingerprint density at radius 2 is 1.87 bits per heavy atom. The van der Waals surface area contributed by atoms with Gasteiger partial charge in [-0.15, -0.1) is 0 Å². The molecule has 1 aromatic rings. The van der Waals surface area contributed by atoms with Crippen molar-refractivity contribution in [2.45, 2.75) is 38.7 Å². The van der Waals surface area contributed by atoms with E-state index < -0.39 is 11.7 Å². The zero-order valence-electron chi connectivity index (χ0n) is 13.5. The third-order valence-electron chi connectivity index (χ3n) is 4.46. The zero-order chi connectivity index (χ0) is 17.0. The fourth-order valence-corrected chi connectivity index (χ4v) is 3.12. The number of carbonyl (C=O) groups is 1. The number of benzene rings is 1. The van der Waals surface area contributed by atoms with Gasteiger partial charge in [-0.25, -0.2) is 4.39 Å². The lowest BCUT2D eigenvalue weighted by Gasteiger charge is -2.36. The number of likely N-dealkylation sites (tertiary alicyclic amines) is 1. The first-order chi connectivity index (χ1) is 10.8. The van der Waals surface area contributed by atoms with Gasteiger partial charge in [-0.3, -0.25) is 9.69 Å². The standard InChI is InChI=1S/C17H23F3N2O/c1-12(21-13(2)23)14-7-9-22(10-8-14)11-17(19,20)15-3-5-16(18)6-4-15/h3-6,12,14H,7-11H2,1-2H3,(H,21,23). The van der Waals surface area contributed by atoms with Crippen LogP contribution in [0.4, 0.5) is 13.2 Å². The van der Waals surface area contributed by atoms with Crippen molar-refractivity contribution >= 4 is 5.91 Å². The number of amides is 1. The van der Waals surface area contributed by atoms with Crippen molar-refractivity contribution in [3.8, 4) is 0 Å². The molecule has 1 amide bonds. The molecule has 0 saturated carbocycles. The summed E-state index contributed by atoms with van der Waals surface area (Å²) in [6.07, 6.45) is 1.56. The molecule has 23 heavy (non-hydrogen) atoms. The predicted octanol–water partition coefficient (Wildman–Crippen LogP) is 3.15. The summed E-state index contributed by atoms with van der Waals surface area (Å²) in [5, 5.41) is 2.87. The van der Waals surface area contributed by atoms with Crippen LogP contribution in [0.5, 0.6) is 0 Å². The Hall–Kier alpha value is -1.56. The molecule has 0 spiro atoms. The van der Waals surface area contributed by atoms with Crippen LogP contribution in [0.2, 0.25) is 0 Å². The Bertz CT molecular complexity index is 525. The maximum atomic E-state index is 14.3. The van der Waals surface area contributed by atoms with Gasteiger partial charge >= 0.3 is 0 Å². The molecule has 0 radical (unpaired) electrons. The maximum absolute atomic E-state index is 14.3. The molecular formula is C17H23F3N2O. The molecule has 1 heterocycles. The van der Waals surface area contributed by atoms with Gasteiger partial charge in [0.1, 0.15) is 5.82 Å². The van der Waals surface area contributed by atoms with E-state index in [1.807, 2.05) is 6.92 Å². The second kappa shape index (κ2) is 7.34. The van der Waals surface area contributed by atoms with Gasteiger partial charge in [-0.05, 0) is 50.9 Å². The molecule has 1 atom stereocenters. The van der Waals surface area contributed by atoms with Gasteiger partial charge in [0.05, 0.1) is 6.54 Å². The minimum Gasteiger partial charge on any atom is -0.354 e. The van der Waals surface area contributed by atoms with Crippen LogP contribution in [-0.2, 0) is 10.7 Å². The molecule has 1 unspecified atom stereocenters. The van der Waals surface area contributed by atoms with Crippen LogP contribution in [0.15, 0.2) is 24.3 Å². The number of nitrogens with zero attached hydrogens (tertiary/aromatic N) is 1. The van der Waals surface area contributed by atoms with Crippen molar-refractivity contribution in [1.82, 2.24) is 10.2 Å². The number of rotatable bonds is 5. The monoisotopic (exact) mass is 328 g/mol. The SMILES string of the molecule is CC(=O)NC(C)C1CCN(CC(F)(F)c2ccc(F)cc2)CC1. The van der Waals surface area contributed by atoms with E-state index in [-0.39, 0.29) is 24.1 Å². The van der Waals surface area contributed by atoms with E-state index in [0.717, 1.165) is 37.1 Å². The van der Waals surface area contributed by atoms with Crippen LogP contribution in [0.3, 0.4) is 0 Å². The average Bonchev–Trinajstić information content (AvgIpc) is 2.47. The molecule has 1 N–H and O–H groups in total. The zero-order valence-corrected chi connectivity index (χ0v) is 13.5. The number of carbonyl (C=O) groups excluding carboxylic acids is 1. The third-order valence-corrected chi connectivity index (χ3v) is 4.46. The fourth-order valence-electron chi connectivity index (χ4n) is 3.12. The van der Waals surface area contributed by atoms with Crippen LogP contribution in [0.25, 0.3) is 0 Å². The summed E-state index contributed by atoms with van der Waals surface area (Å²) in [6.45, 7) is 4.22. The molecule has 6 heteroatoms. The van der Waals surface area contributed by atoms with Crippen molar-refractivity contribution in [3.63, 3.8) is 0 Å². The molecule has 1 aromatic carbocycles. The molecule has 1 aliphatic heterocycles. The molecule has 128 valence electrons. The summed E-state index contributed by atoms with van der Waals surface area (Å²) in [6, 6.07) is 4.46. The van der Waals surface area contributed by atoms with Gasteiger partial charge in [0.25, 0.3) is 5.92 Å². The topological polar surface area (TPSA) is 32.3 Å². The van der Waals surface area contributed by atoms with Gasteiger partial charge in [-0.1, -0.05) is 12.1 Å². The lowest BCUT2D eigenvalue weighted by Crippen LogP contribution is -2.45. The highest BCUT2D eigenvalue weighted by Gasteiger charge is 2.35. The largest absolute Gasteiger partial charge is 0.354 e. The Morgan fingerprint density at radius 1 is 1.30 bits per heavy atom. The van der Waals surface area contributed by atoms with Crippen LogP contribution in [-0.4, -0.2) is 36.5 Å². The molecule has 0 bridgehead atoms. The predicted molar refractivity (Wildman–Crippen MR) is 82.7 cm³/mol. The van der Waals surface area contributed by atoms with Crippen molar-refractivity contribution in [3.05, 3.63) is 35.6 Å². The highest BCUT2D eigenvalue weighted by molar-refractivity contribution is 5.73. The highest BCUT2D eigenvalue weighted by atomic mass is 19.3. The minimum atomic E-state index is -3.00. The van der Waals surface area contributed by atoms with Crippen molar-refractivity contribution in [2.75, 3.05) is 19.6 Å². The van der Waals surface area contributed by atoms with Crippen LogP contribution in [0, 0.1) is 11.7 Å². The number of nitrogens with one attached hydrogen (secondary N) is 1. The van der Waals surface area contributed by atoms with Gasteiger partial charge in [-0.2, -0.15) is 8.78 Å². The lowest BCUT2D eigenvalue weighted by molar-refractivity contribution is -0.120. The maximum Gasteiger partial charge on any atom is 0.285 e. The first kappa shape index (κ1) is 17.8. The number of hydrogen-bond donors (Lipinski definition) is 1. The highest BCUT2D eigenvalue weighted by Crippen LogP contribution is 2.31. The first-order valence-corrected chi connectivity index (χ1v) is 7.91. The summed E-state index contributed by atoms with van der Waals surface area (Å²) in [5.74, 6) is -3.27. The molecule has 1 fully saturated rings. The van der Waals surface area contributed by atoms with E-state index in [1.165, 1.54) is 6.92 Å². The van der Waals surface area contributed by atoms with Gasteiger partial charge < -0.3 is 5.32 Å². The molecule has 2 rings (SSSR count). The Kier molecular flexibility index (Phi) is 5.68. The lowest BCUT2D eigenvalue weighted by atomic mass is 9.90. The second-order valence-electron chi connectivity index (χ2n) is 6.31. The molecule has 0 aromatic heterocycles. The average molecular weight is 328 g/mol. The van der Waals surface area contributed by atoms with Gasteiger partial charge in [0.15, 0.2) is 0 Å². The van der Waals surface area contributed by atoms with E-state index in [4.69, 9.17) is 0 Å². The molecule has 0 aliphatic carbocycles. The fraction of sp³-hybridized carbons (Fsp3) is 0.588. The number of alkyl halides is 2. The van der Waals surface area contributed by atoms with Gasteiger partial charge in [0, 0.05) is 18.5 Å². The van der Waals surface area contributed by atoms with E-state index in [2.05, 4.69) is 5.32 Å². The van der Waals surface area contributed by atoms with E-state index in [0.29, 0.717) is 19.0 Å². The van der Waals surface area contributed by atoms with Crippen LogP contribution < -0.4 is 5.32 Å². The normalized spacial score (nSPS) is 18.7. The quantitative estimate of drug-likeness (QED) is 0.900. The Balaban J connectivity index is 1.88. The van der Waals surface area contributed by atoms with Crippen LogP contribution >= 0.6 is 0 Å². The minimum absolute atomic E-state index is 0.0623. The Morgan fingerprint density at radius 3 is 2.39 bits per heavy atom. The van der Waals surface area contributed by atoms with Crippen LogP contribution in [0.1, 0.15) is 32.3 Å². The number of halogens is 3. The second-order valence-corrected chi connectivity index (χ2v) is 6.31. The summed E-state index contributed by atoms with van der Waals surface area (Å²) in [4.78, 5) is 12.8. The smallest absolute Gasteiger partial charge is 0.285 e. The van der Waals surface area contributed by atoms with E-state index in [9.17, 15) is 18.0 Å². The molecule has 1 aliphatic rings. The third kappa shape index (κ3) is 4.96. The van der Waals surface area contributed by atoms with Crippen molar-refractivity contribution in [2.24, 2.45) is 5.92 Å². The summed E-state index contributed by atoms with van der Waals surface area (Å²) in [7, 11) is 0. The summed E-state index contributed by atoms with van der Waals surface area (Å²) >= 11 is 0.